The normalized spacial score (nSPS) is 24.6. The number of nitrogens with one attached hydrogen (secondary N) is 1. The van der Waals surface area contributed by atoms with Gasteiger partial charge in [-0.2, -0.15) is 0 Å². The Kier molecular flexibility index (Phi) is 4.81. The fourth-order valence-electron chi connectivity index (χ4n) is 4.03. The van der Waals surface area contributed by atoms with Crippen molar-refractivity contribution in [3.8, 4) is 0 Å². The summed E-state index contributed by atoms with van der Waals surface area (Å²) in [6.45, 7) is 5.35. The van der Waals surface area contributed by atoms with Crippen molar-refractivity contribution in [3.05, 3.63) is 71.8 Å². The van der Waals surface area contributed by atoms with Gasteiger partial charge < -0.3 is 5.32 Å². The Bertz CT molecular complexity index is 650. The minimum absolute atomic E-state index is 0.0416. The molecular formula is C21H25N3O. The highest BCUT2D eigenvalue weighted by Crippen LogP contribution is 2.19. The van der Waals surface area contributed by atoms with Gasteiger partial charge in [-0.25, -0.2) is 0 Å². The van der Waals surface area contributed by atoms with E-state index in [1.165, 1.54) is 11.1 Å². The number of carbonyl (C=O) groups is 1. The van der Waals surface area contributed by atoms with Gasteiger partial charge in [0.15, 0.2) is 0 Å². The topological polar surface area (TPSA) is 35.6 Å². The average Bonchev–Trinajstić information content (AvgIpc) is 2.83. The van der Waals surface area contributed by atoms with Crippen molar-refractivity contribution in [2.24, 2.45) is 5.92 Å². The van der Waals surface area contributed by atoms with Crippen LogP contribution in [0.5, 0.6) is 0 Å². The van der Waals surface area contributed by atoms with E-state index >= 15 is 0 Å². The summed E-state index contributed by atoms with van der Waals surface area (Å²) in [7, 11) is 0. The summed E-state index contributed by atoms with van der Waals surface area (Å²) in [5.41, 5.74) is 2.63. The zero-order valence-electron chi connectivity index (χ0n) is 14.5. The number of carbonyl (C=O) groups excluding carboxylic acids is 1. The van der Waals surface area contributed by atoms with Crippen molar-refractivity contribution in [2.45, 2.75) is 19.1 Å². The molecule has 4 rings (SSSR count). The first kappa shape index (κ1) is 16.3. The number of amides is 1. The van der Waals surface area contributed by atoms with E-state index in [1.54, 1.807) is 0 Å². The van der Waals surface area contributed by atoms with Gasteiger partial charge in [-0.3, -0.25) is 14.6 Å². The molecule has 2 aliphatic heterocycles. The van der Waals surface area contributed by atoms with Crippen LogP contribution < -0.4 is 5.32 Å². The molecular weight excluding hydrogens is 310 g/mol. The third-order valence-corrected chi connectivity index (χ3v) is 5.13. The summed E-state index contributed by atoms with van der Waals surface area (Å²) < 4.78 is 0. The van der Waals surface area contributed by atoms with Crippen LogP contribution in [0, 0.1) is 5.92 Å². The Morgan fingerprint density at radius 3 is 1.72 bits per heavy atom. The molecule has 2 aliphatic rings. The molecule has 4 heteroatoms. The molecule has 0 aromatic heterocycles. The Balaban J connectivity index is 1.45. The predicted molar refractivity (Wildman–Crippen MR) is 98.9 cm³/mol. The third kappa shape index (κ3) is 4.09. The predicted octanol–water partition coefficient (Wildman–Crippen LogP) is 2.12. The highest BCUT2D eigenvalue weighted by Gasteiger charge is 2.35. The lowest BCUT2D eigenvalue weighted by Crippen LogP contribution is -2.46. The van der Waals surface area contributed by atoms with Crippen LogP contribution in [0.15, 0.2) is 60.7 Å². The summed E-state index contributed by atoms with van der Waals surface area (Å²) in [4.78, 5) is 17.4. The lowest BCUT2D eigenvalue weighted by molar-refractivity contribution is -0.124. The number of hydrogen-bond donors (Lipinski definition) is 1. The van der Waals surface area contributed by atoms with E-state index in [0.29, 0.717) is 0 Å². The molecule has 1 amide bonds. The Morgan fingerprint density at radius 1 is 0.760 bits per heavy atom. The number of fused-ring (bicyclic) bond motifs is 3. The minimum Gasteiger partial charge on any atom is -0.350 e. The fraction of sp³-hybridized carbons (Fsp3) is 0.381. The SMILES string of the molecule is O=C1NC2CN(Cc3ccccc3)CC1CN(Cc1ccccc1)C2. The number of hydrogen-bond acceptors (Lipinski definition) is 3. The van der Waals surface area contributed by atoms with Crippen molar-refractivity contribution >= 4 is 5.91 Å². The molecule has 2 heterocycles. The molecule has 2 aromatic rings. The smallest absolute Gasteiger partial charge is 0.226 e. The second kappa shape index (κ2) is 7.38. The number of rotatable bonds is 4. The molecule has 4 nitrogen and oxygen atoms in total. The molecule has 0 spiro atoms. The first-order chi connectivity index (χ1) is 12.3. The molecule has 25 heavy (non-hydrogen) atoms. The van der Waals surface area contributed by atoms with Crippen molar-refractivity contribution in [3.63, 3.8) is 0 Å². The molecule has 2 fully saturated rings. The molecule has 0 aliphatic carbocycles. The minimum atomic E-state index is 0.0416. The fourth-order valence-corrected chi connectivity index (χ4v) is 4.03. The lowest BCUT2D eigenvalue weighted by atomic mass is 10.1. The average molecular weight is 335 g/mol. The van der Waals surface area contributed by atoms with Gasteiger partial charge in [0.2, 0.25) is 5.91 Å². The van der Waals surface area contributed by atoms with Gasteiger partial charge in [-0.05, 0) is 11.1 Å². The van der Waals surface area contributed by atoms with Gasteiger partial charge in [-0.15, -0.1) is 0 Å². The molecule has 1 N–H and O–H groups in total. The largest absolute Gasteiger partial charge is 0.350 e. The second-order valence-corrected chi connectivity index (χ2v) is 7.26. The summed E-state index contributed by atoms with van der Waals surface area (Å²) in [6.07, 6.45) is 0. The van der Waals surface area contributed by atoms with Gasteiger partial charge >= 0.3 is 0 Å². The first-order valence-corrected chi connectivity index (χ1v) is 9.09. The van der Waals surface area contributed by atoms with E-state index in [0.717, 1.165) is 39.3 Å². The maximum atomic E-state index is 12.5. The van der Waals surface area contributed by atoms with E-state index < -0.39 is 0 Å². The molecule has 2 bridgehead atoms. The number of benzene rings is 2. The van der Waals surface area contributed by atoms with E-state index in [2.05, 4.69) is 63.6 Å². The van der Waals surface area contributed by atoms with Crippen LogP contribution in [0.25, 0.3) is 0 Å². The Morgan fingerprint density at radius 2 is 1.24 bits per heavy atom. The molecule has 0 atom stereocenters. The van der Waals surface area contributed by atoms with Crippen LogP contribution in [0.4, 0.5) is 0 Å². The summed E-state index contributed by atoms with van der Waals surface area (Å²) in [5.74, 6) is 0.260. The van der Waals surface area contributed by atoms with Crippen molar-refractivity contribution in [2.75, 3.05) is 26.2 Å². The highest BCUT2D eigenvalue weighted by atomic mass is 16.2. The van der Waals surface area contributed by atoms with Gasteiger partial charge in [0.25, 0.3) is 0 Å². The van der Waals surface area contributed by atoms with Crippen LogP contribution in [-0.4, -0.2) is 47.9 Å². The van der Waals surface area contributed by atoms with Crippen LogP contribution in [0.1, 0.15) is 11.1 Å². The molecule has 0 saturated carbocycles. The van der Waals surface area contributed by atoms with E-state index in [9.17, 15) is 4.79 Å². The first-order valence-electron chi connectivity index (χ1n) is 9.09. The zero-order valence-corrected chi connectivity index (χ0v) is 14.5. The van der Waals surface area contributed by atoms with Crippen LogP contribution in [0.3, 0.4) is 0 Å². The van der Waals surface area contributed by atoms with E-state index in [4.69, 9.17) is 0 Å². The maximum Gasteiger partial charge on any atom is 0.226 e. The Labute approximate surface area is 149 Å². The molecule has 2 saturated heterocycles. The quantitative estimate of drug-likeness (QED) is 0.930. The summed E-state index contributed by atoms with van der Waals surface area (Å²) in [5, 5.41) is 3.25. The van der Waals surface area contributed by atoms with Gasteiger partial charge in [0.1, 0.15) is 0 Å². The van der Waals surface area contributed by atoms with E-state index in [1.807, 2.05) is 12.1 Å². The van der Waals surface area contributed by atoms with Gasteiger partial charge in [-0.1, -0.05) is 60.7 Å². The Hall–Kier alpha value is -2.17. The van der Waals surface area contributed by atoms with Crippen molar-refractivity contribution in [1.29, 1.82) is 0 Å². The summed E-state index contributed by atoms with van der Waals surface area (Å²) >= 11 is 0. The molecule has 2 aromatic carbocycles. The standard InChI is InChI=1S/C21H25N3O/c25-21-19-13-23(11-17-7-3-1-4-8-17)15-20(22-21)16-24(14-19)12-18-9-5-2-6-10-18/h1-10,19-20H,11-16H2,(H,22,25). The summed E-state index contributed by atoms with van der Waals surface area (Å²) in [6, 6.07) is 21.3. The van der Waals surface area contributed by atoms with E-state index in [-0.39, 0.29) is 17.9 Å². The monoisotopic (exact) mass is 335 g/mol. The zero-order chi connectivity index (χ0) is 17.1. The molecule has 0 unspecified atom stereocenters. The van der Waals surface area contributed by atoms with Crippen LogP contribution in [-0.2, 0) is 17.9 Å². The van der Waals surface area contributed by atoms with Gasteiger partial charge in [0.05, 0.1) is 12.0 Å². The second-order valence-electron chi connectivity index (χ2n) is 7.26. The van der Waals surface area contributed by atoms with Crippen molar-refractivity contribution < 1.29 is 4.79 Å². The maximum absolute atomic E-state index is 12.5. The lowest BCUT2D eigenvalue weighted by Gasteiger charge is -2.33. The molecule has 130 valence electrons. The van der Waals surface area contributed by atoms with Gasteiger partial charge in [0, 0.05) is 39.3 Å². The molecule has 0 radical (unpaired) electrons. The number of nitrogens with zero attached hydrogens (tertiary/aromatic N) is 2. The van der Waals surface area contributed by atoms with Crippen LogP contribution >= 0.6 is 0 Å². The third-order valence-electron chi connectivity index (χ3n) is 5.13. The van der Waals surface area contributed by atoms with Crippen LogP contribution in [0.2, 0.25) is 0 Å². The van der Waals surface area contributed by atoms with Crippen molar-refractivity contribution in [1.82, 2.24) is 15.1 Å². The highest BCUT2D eigenvalue weighted by molar-refractivity contribution is 5.80.